The minimum atomic E-state index is 0.0411. The summed E-state index contributed by atoms with van der Waals surface area (Å²) in [7, 11) is 0. The molecule has 0 spiro atoms. The average Bonchev–Trinajstić information content (AvgIpc) is 2.33. The van der Waals surface area contributed by atoms with E-state index in [0.29, 0.717) is 27.7 Å². The van der Waals surface area contributed by atoms with E-state index in [4.69, 9.17) is 22.7 Å². The third kappa shape index (κ3) is 2.28. The fraction of sp³-hybridized carbons (Fsp3) is 0.0769. The number of hydrogen-bond donors (Lipinski definition) is 3. The minimum absolute atomic E-state index is 0.0411. The van der Waals surface area contributed by atoms with Crippen molar-refractivity contribution in [1.29, 1.82) is 5.41 Å². The molecule has 5 heteroatoms. The predicted molar refractivity (Wildman–Crippen MR) is 73.3 cm³/mol. The second kappa shape index (κ2) is 4.66. The summed E-state index contributed by atoms with van der Waals surface area (Å²) >= 11 is 6.00. The smallest absolute Gasteiger partial charge is 0.137 e. The summed E-state index contributed by atoms with van der Waals surface area (Å²) in [6.07, 6.45) is 1.28. The molecule has 0 atom stereocenters. The Morgan fingerprint density at radius 2 is 2.11 bits per heavy atom. The van der Waals surface area contributed by atoms with Crippen LogP contribution in [0.5, 0.6) is 5.75 Å². The molecule has 2 aromatic rings. The van der Waals surface area contributed by atoms with Crippen LogP contribution >= 0.6 is 11.6 Å². The molecule has 18 heavy (non-hydrogen) atoms. The number of halogens is 1. The Kier molecular flexibility index (Phi) is 3.21. The molecule has 4 N–H and O–H groups in total. The number of nitrogens with two attached hydrogens (primary N) is 1. The number of nitrogens with one attached hydrogen (secondary N) is 1. The van der Waals surface area contributed by atoms with Crippen molar-refractivity contribution >= 4 is 23.0 Å². The lowest BCUT2D eigenvalue weighted by Crippen LogP contribution is -1.99. The molecule has 0 aliphatic carbocycles. The van der Waals surface area contributed by atoms with Gasteiger partial charge in [-0.1, -0.05) is 17.7 Å². The molecule has 0 aliphatic heterocycles. The molecule has 0 amide bonds. The van der Waals surface area contributed by atoms with Crippen LogP contribution in [0.3, 0.4) is 0 Å². The SMILES string of the molecule is CC(=N)c1cc(-c2cc(O)cnc2Cl)ccc1N. The van der Waals surface area contributed by atoms with Crippen LogP contribution in [0.1, 0.15) is 12.5 Å². The van der Waals surface area contributed by atoms with Crippen molar-refractivity contribution < 1.29 is 5.11 Å². The van der Waals surface area contributed by atoms with E-state index in [1.807, 2.05) is 0 Å². The Balaban J connectivity index is 2.61. The van der Waals surface area contributed by atoms with Crippen LogP contribution in [-0.4, -0.2) is 15.8 Å². The first kappa shape index (κ1) is 12.4. The highest BCUT2D eigenvalue weighted by Gasteiger charge is 2.09. The van der Waals surface area contributed by atoms with Crippen molar-refractivity contribution in [3.05, 3.63) is 41.2 Å². The first-order valence-corrected chi connectivity index (χ1v) is 5.67. The van der Waals surface area contributed by atoms with Gasteiger partial charge in [0.1, 0.15) is 10.9 Å². The van der Waals surface area contributed by atoms with E-state index >= 15 is 0 Å². The molecule has 0 aliphatic rings. The second-order valence-corrected chi connectivity index (χ2v) is 4.32. The quantitative estimate of drug-likeness (QED) is 0.441. The first-order chi connectivity index (χ1) is 8.49. The number of rotatable bonds is 2. The zero-order valence-electron chi connectivity index (χ0n) is 9.74. The van der Waals surface area contributed by atoms with Crippen molar-refractivity contribution in [3.8, 4) is 16.9 Å². The molecule has 0 radical (unpaired) electrons. The van der Waals surface area contributed by atoms with Gasteiger partial charge in [-0.2, -0.15) is 0 Å². The molecule has 1 aromatic heterocycles. The molecular formula is C13H12ClN3O. The predicted octanol–water partition coefficient (Wildman–Crippen LogP) is 3.08. The maximum Gasteiger partial charge on any atom is 0.137 e. The number of benzene rings is 1. The average molecular weight is 262 g/mol. The van der Waals surface area contributed by atoms with Crippen molar-refractivity contribution in [2.75, 3.05) is 5.73 Å². The highest BCUT2D eigenvalue weighted by molar-refractivity contribution is 6.32. The minimum Gasteiger partial charge on any atom is -0.506 e. The number of aromatic nitrogens is 1. The number of anilines is 1. The van der Waals surface area contributed by atoms with Gasteiger partial charge in [0.15, 0.2) is 0 Å². The summed E-state index contributed by atoms with van der Waals surface area (Å²) in [4.78, 5) is 3.88. The normalized spacial score (nSPS) is 10.3. The lowest BCUT2D eigenvalue weighted by atomic mass is 10.0. The Labute approximate surface area is 110 Å². The van der Waals surface area contributed by atoms with Crippen LogP contribution in [0.25, 0.3) is 11.1 Å². The van der Waals surface area contributed by atoms with Gasteiger partial charge in [-0.25, -0.2) is 4.98 Å². The Hall–Kier alpha value is -2.07. The van der Waals surface area contributed by atoms with Crippen LogP contribution < -0.4 is 5.73 Å². The largest absolute Gasteiger partial charge is 0.506 e. The highest BCUT2D eigenvalue weighted by Crippen LogP contribution is 2.31. The summed E-state index contributed by atoms with van der Waals surface area (Å²) < 4.78 is 0. The van der Waals surface area contributed by atoms with Crippen LogP contribution in [0.4, 0.5) is 5.69 Å². The fourth-order valence-electron chi connectivity index (χ4n) is 1.69. The van der Waals surface area contributed by atoms with Crippen LogP contribution in [0, 0.1) is 5.41 Å². The van der Waals surface area contributed by atoms with Crippen LogP contribution in [0.15, 0.2) is 30.5 Å². The molecule has 0 fully saturated rings. The van der Waals surface area contributed by atoms with E-state index in [2.05, 4.69) is 4.98 Å². The summed E-state index contributed by atoms with van der Waals surface area (Å²) in [5.74, 6) is 0.0411. The van der Waals surface area contributed by atoms with Crippen LogP contribution in [0.2, 0.25) is 5.15 Å². The lowest BCUT2D eigenvalue weighted by molar-refractivity contribution is 0.473. The van der Waals surface area contributed by atoms with Gasteiger partial charge < -0.3 is 16.2 Å². The van der Waals surface area contributed by atoms with Gasteiger partial charge in [-0.05, 0) is 30.7 Å². The number of nitrogen functional groups attached to an aromatic ring is 1. The zero-order valence-corrected chi connectivity index (χ0v) is 10.5. The van der Waals surface area contributed by atoms with E-state index in [1.54, 1.807) is 25.1 Å². The third-order valence-corrected chi connectivity index (χ3v) is 2.89. The third-order valence-electron chi connectivity index (χ3n) is 2.59. The van der Waals surface area contributed by atoms with E-state index in [9.17, 15) is 5.11 Å². The molecule has 1 heterocycles. The van der Waals surface area contributed by atoms with Crippen molar-refractivity contribution in [1.82, 2.24) is 4.98 Å². The highest BCUT2D eigenvalue weighted by atomic mass is 35.5. The molecule has 0 saturated carbocycles. The van der Waals surface area contributed by atoms with Gasteiger partial charge in [-0.3, -0.25) is 0 Å². The number of hydrogen-bond acceptors (Lipinski definition) is 4. The Bertz CT molecular complexity index is 626. The van der Waals surface area contributed by atoms with Gasteiger partial charge >= 0.3 is 0 Å². The van der Waals surface area contributed by atoms with E-state index < -0.39 is 0 Å². The van der Waals surface area contributed by atoms with Gasteiger partial charge in [0, 0.05) is 22.5 Å². The van der Waals surface area contributed by atoms with Crippen molar-refractivity contribution in [2.24, 2.45) is 0 Å². The number of aromatic hydroxyl groups is 1. The Morgan fingerprint density at radius 1 is 1.39 bits per heavy atom. The first-order valence-electron chi connectivity index (χ1n) is 5.29. The molecular weight excluding hydrogens is 250 g/mol. The fourth-order valence-corrected chi connectivity index (χ4v) is 1.90. The van der Waals surface area contributed by atoms with Gasteiger partial charge in [0.25, 0.3) is 0 Å². The molecule has 2 rings (SSSR count). The van der Waals surface area contributed by atoms with E-state index in [1.165, 1.54) is 12.3 Å². The topological polar surface area (TPSA) is 83.0 Å². The lowest BCUT2D eigenvalue weighted by Gasteiger charge is -2.09. The van der Waals surface area contributed by atoms with Crippen molar-refractivity contribution in [3.63, 3.8) is 0 Å². The van der Waals surface area contributed by atoms with Crippen LogP contribution in [-0.2, 0) is 0 Å². The van der Waals surface area contributed by atoms with E-state index in [0.717, 1.165) is 5.56 Å². The van der Waals surface area contributed by atoms with Gasteiger partial charge in [0.2, 0.25) is 0 Å². The van der Waals surface area contributed by atoms with Gasteiger partial charge in [-0.15, -0.1) is 0 Å². The summed E-state index contributed by atoms with van der Waals surface area (Å²) in [5.41, 5.74) is 8.73. The maximum absolute atomic E-state index is 9.44. The van der Waals surface area contributed by atoms with E-state index in [-0.39, 0.29) is 5.75 Å². The maximum atomic E-state index is 9.44. The second-order valence-electron chi connectivity index (χ2n) is 3.96. The summed E-state index contributed by atoms with van der Waals surface area (Å²) in [6, 6.07) is 6.79. The molecule has 1 aromatic carbocycles. The Morgan fingerprint density at radius 3 is 2.78 bits per heavy atom. The van der Waals surface area contributed by atoms with Gasteiger partial charge in [0.05, 0.1) is 6.20 Å². The molecule has 0 unspecified atom stereocenters. The molecule has 92 valence electrons. The standard InChI is InChI=1S/C13H12ClN3O/c1-7(15)10-4-8(2-3-12(10)16)11-5-9(18)6-17-13(11)14/h2-6,15,18H,16H2,1H3. The molecule has 4 nitrogen and oxygen atoms in total. The molecule has 0 bridgehead atoms. The zero-order chi connectivity index (χ0) is 13.3. The van der Waals surface area contributed by atoms with Crippen molar-refractivity contribution in [2.45, 2.75) is 6.92 Å². The monoisotopic (exact) mass is 261 g/mol. The summed E-state index contributed by atoms with van der Waals surface area (Å²) in [5, 5.41) is 17.4. The summed E-state index contributed by atoms with van der Waals surface area (Å²) in [6.45, 7) is 1.66. The number of nitrogens with zero attached hydrogens (tertiary/aromatic N) is 1. The molecule has 0 saturated heterocycles. The number of pyridine rings is 1.